The van der Waals surface area contributed by atoms with Gasteiger partial charge >= 0.3 is 0 Å². The summed E-state index contributed by atoms with van der Waals surface area (Å²) in [6, 6.07) is 5.36. The Morgan fingerprint density at radius 1 is 1.35 bits per heavy atom. The van der Waals surface area contributed by atoms with Gasteiger partial charge in [-0.2, -0.15) is 0 Å². The van der Waals surface area contributed by atoms with Gasteiger partial charge in [0.2, 0.25) is 11.8 Å². The molecule has 1 saturated heterocycles. The molecule has 0 aromatic heterocycles. The Bertz CT molecular complexity index is 512. The number of benzene rings is 1. The molecule has 1 fully saturated rings. The first kappa shape index (κ1) is 10.1. The van der Waals surface area contributed by atoms with Crippen molar-refractivity contribution in [1.82, 2.24) is 5.32 Å². The number of nitrogen functional groups attached to an aromatic ring is 1. The first-order valence-corrected chi connectivity index (χ1v) is 5.64. The van der Waals surface area contributed by atoms with Gasteiger partial charge in [0, 0.05) is 6.54 Å². The van der Waals surface area contributed by atoms with Crippen molar-refractivity contribution in [3.05, 3.63) is 23.8 Å². The maximum Gasteiger partial charge on any atom is 0.249 e. The maximum atomic E-state index is 11.7. The van der Waals surface area contributed by atoms with Gasteiger partial charge < -0.3 is 10.6 Å². The zero-order valence-electron chi connectivity index (χ0n) is 9.27. The van der Waals surface area contributed by atoms with E-state index in [9.17, 15) is 9.59 Å². The molecule has 1 aromatic carbocycles. The third kappa shape index (κ3) is 1.46. The molecule has 5 heteroatoms. The smallest absolute Gasteiger partial charge is 0.249 e. The summed E-state index contributed by atoms with van der Waals surface area (Å²) in [5.74, 6) is -0.422. The number of hydrogen-bond acceptors (Lipinski definition) is 4. The van der Waals surface area contributed by atoms with Gasteiger partial charge in [0.25, 0.3) is 0 Å². The second-order valence-electron chi connectivity index (χ2n) is 4.43. The lowest BCUT2D eigenvalue weighted by Crippen LogP contribution is -2.39. The fraction of sp³-hybridized carbons (Fsp3) is 0.333. The van der Waals surface area contributed by atoms with Gasteiger partial charge in [-0.15, -0.1) is 0 Å². The van der Waals surface area contributed by atoms with Gasteiger partial charge in [-0.25, -0.2) is 0 Å². The van der Waals surface area contributed by atoms with E-state index in [-0.39, 0.29) is 18.2 Å². The lowest BCUT2D eigenvalue weighted by molar-refractivity contribution is -0.125. The molecular formula is C12H13N3O2. The molecule has 3 rings (SSSR count). The van der Waals surface area contributed by atoms with Crippen LogP contribution in [0.4, 0.5) is 11.4 Å². The minimum absolute atomic E-state index is 0.206. The molecule has 2 heterocycles. The van der Waals surface area contributed by atoms with Gasteiger partial charge in [-0.1, -0.05) is 12.1 Å². The van der Waals surface area contributed by atoms with E-state index in [4.69, 9.17) is 5.73 Å². The number of hydrogen-bond donors (Lipinski definition) is 2. The number of amides is 2. The Kier molecular flexibility index (Phi) is 2.07. The molecular weight excluding hydrogens is 218 g/mol. The number of rotatable bonds is 1. The lowest BCUT2D eigenvalue weighted by Gasteiger charge is -2.25. The molecule has 5 nitrogen and oxygen atoms in total. The predicted octanol–water partition coefficient (Wildman–Crippen LogP) is 0.0464. The highest BCUT2D eigenvalue weighted by Gasteiger charge is 2.38. The zero-order valence-corrected chi connectivity index (χ0v) is 9.27. The van der Waals surface area contributed by atoms with E-state index in [1.54, 1.807) is 0 Å². The average Bonchev–Trinajstić information content (AvgIpc) is 2.83. The summed E-state index contributed by atoms with van der Waals surface area (Å²) in [4.78, 5) is 24.9. The van der Waals surface area contributed by atoms with Gasteiger partial charge in [0.15, 0.2) is 0 Å². The van der Waals surface area contributed by atoms with Crippen molar-refractivity contribution in [3.63, 3.8) is 0 Å². The van der Waals surface area contributed by atoms with Crippen LogP contribution in [0.15, 0.2) is 18.2 Å². The van der Waals surface area contributed by atoms with E-state index in [0.717, 1.165) is 24.2 Å². The van der Waals surface area contributed by atoms with Crippen LogP contribution in [0, 0.1) is 0 Å². The maximum absolute atomic E-state index is 11.7. The van der Waals surface area contributed by atoms with Crippen LogP contribution in [0.5, 0.6) is 0 Å². The van der Waals surface area contributed by atoms with Gasteiger partial charge in [-0.3, -0.25) is 14.9 Å². The third-order valence-corrected chi connectivity index (χ3v) is 3.38. The molecule has 0 aliphatic carbocycles. The summed E-state index contributed by atoms with van der Waals surface area (Å²) in [5.41, 5.74) is 8.69. The fourth-order valence-electron chi connectivity index (χ4n) is 2.62. The van der Waals surface area contributed by atoms with E-state index in [1.165, 1.54) is 0 Å². The number of fused-ring (bicyclic) bond motifs is 1. The minimum Gasteiger partial charge on any atom is -0.397 e. The minimum atomic E-state index is -0.395. The van der Waals surface area contributed by atoms with Crippen LogP contribution in [-0.4, -0.2) is 24.4 Å². The highest BCUT2D eigenvalue weighted by Crippen LogP contribution is 2.36. The summed E-state index contributed by atoms with van der Waals surface area (Å²) < 4.78 is 0. The number of imide groups is 1. The first-order chi connectivity index (χ1) is 8.16. The van der Waals surface area contributed by atoms with Crippen LogP contribution in [0.2, 0.25) is 0 Å². The molecule has 2 amide bonds. The molecule has 0 radical (unpaired) electrons. The largest absolute Gasteiger partial charge is 0.397 e. The third-order valence-electron chi connectivity index (χ3n) is 3.38. The number of para-hydroxylation sites is 1. The number of nitrogens with two attached hydrogens (primary N) is 1. The number of nitrogens with one attached hydrogen (secondary N) is 1. The fourth-order valence-corrected chi connectivity index (χ4v) is 2.62. The Hall–Kier alpha value is -2.04. The van der Waals surface area contributed by atoms with Crippen molar-refractivity contribution < 1.29 is 9.59 Å². The molecule has 3 N–H and O–H groups in total. The number of carbonyl (C=O) groups excluding carboxylic acids is 2. The Morgan fingerprint density at radius 2 is 2.18 bits per heavy atom. The summed E-state index contributed by atoms with van der Waals surface area (Å²) in [5, 5.41) is 2.33. The summed E-state index contributed by atoms with van der Waals surface area (Å²) in [6.07, 6.45) is 1.10. The van der Waals surface area contributed by atoms with Gasteiger partial charge in [0.1, 0.15) is 6.04 Å². The highest BCUT2D eigenvalue weighted by molar-refractivity contribution is 6.07. The number of anilines is 2. The van der Waals surface area contributed by atoms with Crippen LogP contribution in [0.1, 0.15) is 12.0 Å². The molecule has 1 atom stereocenters. The molecule has 1 unspecified atom stereocenters. The molecule has 88 valence electrons. The van der Waals surface area contributed by atoms with E-state index in [0.29, 0.717) is 5.69 Å². The Balaban J connectivity index is 1.99. The zero-order chi connectivity index (χ0) is 12.0. The van der Waals surface area contributed by atoms with Crippen molar-refractivity contribution in [2.75, 3.05) is 17.2 Å². The monoisotopic (exact) mass is 231 g/mol. The second kappa shape index (κ2) is 3.48. The normalized spacial score (nSPS) is 22.8. The topological polar surface area (TPSA) is 75.4 Å². The van der Waals surface area contributed by atoms with Gasteiger partial charge in [-0.05, 0) is 18.1 Å². The Labute approximate surface area is 98.6 Å². The number of nitrogens with zero attached hydrogens (tertiary/aromatic N) is 1. The van der Waals surface area contributed by atoms with Crippen molar-refractivity contribution in [3.8, 4) is 0 Å². The van der Waals surface area contributed by atoms with Crippen LogP contribution in [0.3, 0.4) is 0 Å². The van der Waals surface area contributed by atoms with E-state index < -0.39 is 6.04 Å². The second-order valence-corrected chi connectivity index (χ2v) is 4.43. The summed E-state index contributed by atoms with van der Waals surface area (Å²) in [7, 11) is 0. The molecule has 1 aromatic rings. The molecule has 17 heavy (non-hydrogen) atoms. The van der Waals surface area contributed by atoms with Crippen LogP contribution < -0.4 is 16.0 Å². The molecule has 0 saturated carbocycles. The van der Waals surface area contributed by atoms with E-state index in [2.05, 4.69) is 5.32 Å². The summed E-state index contributed by atoms with van der Waals surface area (Å²) in [6.45, 7) is 0.745. The number of carbonyl (C=O) groups is 2. The Morgan fingerprint density at radius 3 is 2.88 bits per heavy atom. The van der Waals surface area contributed by atoms with Gasteiger partial charge in [0.05, 0.1) is 17.8 Å². The SMILES string of the molecule is Nc1cccc2c1N(C1CC(=O)NC1=O)CC2. The van der Waals surface area contributed by atoms with E-state index >= 15 is 0 Å². The van der Waals surface area contributed by atoms with Crippen molar-refractivity contribution >= 4 is 23.2 Å². The van der Waals surface area contributed by atoms with Crippen molar-refractivity contribution in [2.24, 2.45) is 0 Å². The van der Waals surface area contributed by atoms with Crippen molar-refractivity contribution in [2.45, 2.75) is 18.9 Å². The average molecular weight is 231 g/mol. The van der Waals surface area contributed by atoms with Crippen LogP contribution >= 0.6 is 0 Å². The van der Waals surface area contributed by atoms with E-state index in [1.807, 2.05) is 23.1 Å². The predicted molar refractivity (Wildman–Crippen MR) is 63.5 cm³/mol. The molecule has 2 aliphatic rings. The standard InChI is InChI=1S/C12H13N3O2/c13-8-3-1-2-7-4-5-15(11(7)8)9-6-10(16)14-12(9)17/h1-3,9H,4-6,13H2,(H,14,16,17). The highest BCUT2D eigenvalue weighted by atomic mass is 16.2. The lowest BCUT2D eigenvalue weighted by atomic mass is 10.1. The first-order valence-electron chi connectivity index (χ1n) is 5.64. The van der Waals surface area contributed by atoms with Crippen molar-refractivity contribution in [1.29, 1.82) is 0 Å². The quantitative estimate of drug-likeness (QED) is 0.529. The summed E-state index contributed by atoms with van der Waals surface area (Å²) >= 11 is 0. The molecule has 0 spiro atoms. The van der Waals surface area contributed by atoms with Crippen LogP contribution in [0.25, 0.3) is 0 Å². The molecule has 2 aliphatic heterocycles. The molecule has 0 bridgehead atoms. The van der Waals surface area contributed by atoms with Crippen LogP contribution in [-0.2, 0) is 16.0 Å².